The maximum Gasteiger partial charge on any atom is 0.0471 e. The molecule has 1 fully saturated rings. The van der Waals surface area contributed by atoms with Gasteiger partial charge < -0.3 is 5.73 Å². The van der Waals surface area contributed by atoms with Crippen LogP contribution >= 0.6 is 23.4 Å². The van der Waals surface area contributed by atoms with Gasteiger partial charge in [0.1, 0.15) is 0 Å². The zero-order chi connectivity index (χ0) is 14.0. The highest BCUT2D eigenvalue weighted by molar-refractivity contribution is 8.00. The lowest BCUT2D eigenvalue weighted by molar-refractivity contribution is 0.199. The van der Waals surface area contributed by atoms with E-state index in [0.717, 1.165) is 23.7 Å². The quantitative estimate of drug-likeness (QED) is 0.926. The second-order valence-corrected chi connectivity index (χ2v) is 7.76. The first-order valence-corrected chi connectivity index (χ1v) is 8.19. The van der Waals surface area contributed by atoms with E-state index in [2.05, 4.69) is 48.7 Å². The van der Waals surface area contributed by atoms with Crippen LogP contribution in [0.3, 0.4) is 0 Å². The predicted molar refractivity (Wildman–Crippen MR) is 86.1 cm³/mol. The van der Waals surface area contributed by atoms with Crippen molar-refractivity contribution in [3.8, 4) is 0 Å². The molecule has 0 bridgehead atoms. The van der Waals surface area contributed by atoms with Gasteiger partial charge in [0.25, 0.3) is 0 Å². The molecule has 0 amide bonds. The summed E-state index contributed by atoms with van der Waals surface area (Å²) in [5.74, 6) is 0. The van der Waals surface area contributed by atoms with Crippen LogP contribution in [0.25, 0.3) is 0 Å². The SMILES string of the molecule is Cc1ccc(C(CN)N2CC(C)SC(C)C2)cc1Cl. The first-order chi connectivity index (χ1) is 9.01. The molecule has 1 aromatic rings. The van der Waals surface area contributed by atoms with E-state index in [9.17, 15) is 0 Å². The molecule has 0 aromatic heterocycles. The minimum Gasteiger partial charge on any atom is -0.329 e. The van der Waals surface area contributed by atoms with E-state index in [-0.39, 0.29) is 6.04 Å². The maximum atomic E-state index is 6.25. The van der Waals surface area contributed by atoms with Crippen LogP contribution in [-0.4, -0.2) is 35.0 Å². The third-order valence-electron chi connectivity index (χ3n) is 3.69. The molecule has 0 saturated carbocycles. The molecule has 0 spiro atoms. The number of hydrogen-bond donors (Lipinski definition) is 1. The average Bonchev–Trinajstić information content (AvgIpc) is 2.33. The monoisotopic (exact) mass is 298 g/mol. The largest absolute Gasteiger partial charge is 0.329 e. The van der Waals surface area contributed by atoms with Crippen molar-refractivity contribution in [2.45, 2.75) is 37.3 Å². The molecule has 2 nitrogen and oxygen atoms in total. The van der Waals surface area contributed by atoms with Crippen molar-refractivity contribution < 1.29 is 0 Å². The van der Waals surface area contributed by atoms with E-state index in [0.29, 0.717) is 17.0 Å². The Hall–Kier alpha value is -0.220. The molecular weight excluding hydrogens is 276 g/mol. The van der Waals surface area contributed by atoms with Crippen molar-refractivity contribution in [2.24, 2.45) is 5.73 Å². The number of thioether (sulfide) groups is 1. The molecule has 4 heteroatoms. The van der Waals surface area contributed by atoms with Gasteiger partial charge in [0.2, 0.25) is 0 Å². The smallest absolute Gasteiger partial charge is 0.0471 e. The zero-order valence-corrected chi connectivity index (χ0v) is 13.5. The summed E-state index contributed by atoms with van der Waals surface area (Å²) in [6.45, 7) is 9.46. The lowest BCUT2D eigenvalue weighted by Crippen LogP contribution is -2.44. The summed E-state index contributed by atoms with van der Waals surface area (Å²) < 4.78 is 0. The number of nitrogens with two attached hydrogens (primary N) is 1. The summed E-state index contributed by atoms with van der Waals surface area (Å²) in [5, 5.41) is 2.17. The van der Waals surface area contributed by atoms with Gasteiger partial charge in [0, 0.05) is 41.2 Å². The number of rotatable bonds is 3. The Balaban J connectivity index is 2.21. The summed E-state index contributed by atoms with van der Waals surface area (Å²) in [5.41, 5.74) is 8.39. The molecule has 2 N–H and O–H groups in total. The van der Waals surface area contributed by atoms with Crippen LogP contribution in [0.4, 0.5) is 0 Å². The summed E-state index contributed by atoms with van der Waals surface area (Å²) in [7, 11) is 0. The molecule has 0 radical (unpaired) electrons. The summed E-state index contributed by atoms with van der Waals surface area (Å²) in [6, 6.07) is 6.61. The highest BCUT2D eigenvalue weighted by Crippen LogP contribution is 2.31. The van der Waals surface area contributed by atoms with Gasteiger partial charge in [-0.15, -0.1) is 0 Å². The van der Waals surface area contributed by atoms with E-state index >= 15 is 0 Å². The number of aryl methyl sites for hydroxylation is 1. The van der Waals surface area contributed by atoms with Crippen LogP contribution in [0.5, 0.6) is 0 Å². The lowest BCUT2D eigenvalue weighted by atomic mass is 10.0. The highest BCUT2D eigenvalue weighted by Gasteiger charge is 2.28. The second-order valence-electron chi connectivity index (χ2n) is 5.47. The summed E-state index contributed by atoms with van der Waals surface area (Å²) >= 11 is 8.31. The highest BCUT2D eigenvalue weighted by atomic mass is 35.5. The van der Waals surface area contributed by atoms with Crippen LogP contribution in [-0.2, 0) is 0 Å². The van der Waals surface area contributed by atoms with Crippen LogP contribution in [0, 0.1) is 6.92 Å². The van der Waals surface area contributed by atoms with Gasteiger partial charge in [0.05, 0.1) is 0 Å². The minimum absolute atomic E-state index is 0.281. The summed E-state index contributed by atoms with van der Waals surface area (Å²) in [6.07, 6.45) is 0. The molecule has 3 unspecified atom stereocenters. The molecule has 1 aliphatic rings. The van der Waals surface area contributed by atoms with Crippen molar-refractivity contribution in [2.75, 3.05) is 19.6 Å². The number of halogens is 1. The van der Waals surface area contributed by atoms with E-state index in [1.807, 2.05) is 6.92 Å². The molecule has 3 atom stereocenters. The van der Waals surface area contributed by atoms with Crippen molar-refractivity contribution in [3.63, 3.8) is 0 Å². The van der Waals surface area contributed by atoms with Crippen LogP contribution in [0.2, 0.25) is 5.02 Å². The maximum absolute atomic E-state index is 6.25. The van der Waals surface area contributed by atoms with Gasteiger partial charge in [-0.25, -0.2) is 0 Å². The van der Waals surface area contributed by atoms with Crippen molar-refractivity contribution >= 4 is 23.4 Å². The average molecular weight is 299 g/mol. The van der Waals surface area contributed by atoms with Gasteiger partial charge in [0.15, 0.2) is 0 Å². The predicted octanol–water partition coefficient (Wildman–Crippen LogP) is 3.47. The minimum atomic E-state index is 0.281. The molecule has 1 aliphatic heterocycles. The Morgan fingerprint density at radius 2 is 2.00 bits per heavy atom. The molecular formula is C15H23ClN2S. The first kappa shape index (κ1) is 15.2. The molecule has 1 heterocycles. The van der Waals surface area contributed by atoms with E-state index in [1.165, 1.54) is 5.56 Å². The van der Waals surface area contributed by atoms with Crippen molar-refractivity contribution in [1.82, 2.24) is 4.90 Å². The van der Waals surface area contributed by atoms with Crippen LogP contribution in [0.15, 0.2) is 18.2 Å². The number of hydrogen-bond acceptors (Lipinski definition) is 3. The third kappa shape index (κ3) is 3.66. The van der Waals surface area contributed by atoms with Crippen LogP contribution in [0.1, 0.15) is 31.0 Å². The Morgan fingerprint density at radius 3 is 2.53 bits per heavy atom. The molecule has 1 saturated heterocycles. The van der Waals surface area contributed by atoms with Gasteiger partial charge in [-0.2, -0.15) is 11.8 Å². The van der Waals surface area contributed by atoms with E-state index in [1.54, 1.807) is 0 Å². The van der Waals surface area contributed by atoms with Crippen LogP contribution < -0.4 is 5.73 Å². The fourth-order valence-electron chi connectivity index (χ4n) is 2.78. The Kier molecular flexibility index (Phi) is 5.18. The normalized spacial score (nSPS) is 26.4. The molecule has 106 valence electrons. The fraction of sp³-hybridized carbons (Fsp3) is 0.600. The molecule has 2 rings (SSSR count). The van der Waals surface area contributed by atoms with Gasteiger partial charge in [-0.3, -0.25) is 4.90 Å². The topological polar surface area (TPSA) is 29.3 Å². The molecule has 0 aliphatic carbocycles. The Bertz CT molecular complexity index is 428. The Labute approximate surface area is 125 Å². The fourth-order valence-corrected chi connectivity index (χ4v) is 4.32. The van der Waals surface area contributed by atoms with Gasteiger partial charge in [-0.05, 0) is 24.1 Å². The van der Waals surface area contributed by atoms with E-state index < -0.39 is 0 Å². The second kappa shape index (κ2) is 6.49. The first-order valence-electron chi connectivity index (χ1n) is 6.87. The van der Waals surface area contributed by atoms with Gasteiger partial charge in [-0.1, -0.05) is 37.6 Å². The Morgan fingerprint density at radius 1 is 1.37 bits per heavy atom. The van der Waals surface area contributed by atoms with Gasteiger partial charge >= 0.3 is 0 Å². The summed E-state index contributed by atoms with van der Waals surface area (Å²) in [4.78, 5) is 2.51. The number of nitrogens with zero attached hydrogens (tertiary/aromatic N) is 1. The number of benzene rings is 1. The third-order valence-corrected chi connectivity index (χ3v) is 5.33. The molecule has 1 aromatic carbocycles. The standard InChI is InChI=1S/C15H23ClN2S/c1-10-4-5-13(6-14(10)16)15(7-17)18-8-11(2)19-12(3)9-18/h4-6,11-12,15H,7-9,17H2,1-3H3. The molecule has 19 heavy (non-hydrogen) atoms. The van der Waals surface area contributed by atoms with Crippen molar-refractivity contribution in [1.29, 1.82) is 0 Å². The lowest BCUT2D eigenvalue weighted by Gasteiger charge is -2.39. The van der Waals surface area contributed by atoms with E-state index in [4.69, 9.17) is 17.3 Å². The van der Waals surface area contributed by atoms with Crippen molar-refractivity contribution in [3.05, 3.63) is 34.3 Å². The zero-order valence-electron chi connectivity index (χ0n) is 11.9.